The molecule has 0 aliphatic heterocycles. The molecule has 130 valence electrons. The van der Waals surface area contributed by atoms with Crippen LogP contribution in [0.3, 0.4) is 0 Å². The molecule has 2 aromatic heterocycles. The van der Waals surface area contributed by atoms with Crippen molar-refractivity contribution >= 4 is 16.7 Å². The number of hydrogen-bond acceptors (Lipinski definition) is 5. The number of nitrogens with zero attached hydrogens (tertiary/aromatic N) is 3. The molecule has 0 amide bonds. The Morgan fingerprint density at radius 3 is 2.65 bits per heavy atom. The van der Waals surface area contributed by atoms with Crippen LogP contribution in [0.5, 0.6) is 5.75 Å². The van der Waals surface area contributed by atoms with Gasteiger partial charge in [-0.1, -0.05) is 18.2 Å². The molecule has 7 heteroatoms. The lowest BCUT2D eigenvalue weighted by molar-refractivity contribution is 0.416. The number of aromatic amines is 1. The normalized spacial score (nSPS) is 11.0. The summed E-state index contributed by atoms with van der Waals surface area (Å²) in [6.45, 7) is 1.83. The van der Waals surface area contributed by atoms with E-state index < -0.39 is 0 Å². The SMILES string of the molecule is COc1cc(N)ccc1-c1nc2c(C)nn(-c3ccccc3)c2c(=O)[nH]1. The van der Waals surface area contributed by atoms with Crippen molar-refractivity contribution in [3.05, 3.63) is 64.6 Å². The van der Waals surface area contributed by atoms with Gasteiger partial charge in [0.1, 0.15) is 17.1 Å². The van der Waals surface area contributed by atoms with E-state index in [1.807, 2.05) is 37.3 Å². The number of H-pyrrole nitrogens is 1. The molecule has 0 fully saturated rings. The van der Waals surface area contributed by atoms with E-state index in [4.69, 9.17) is 10.5 Å². The molecule has 0 radical (unpaired) electrons. The van der Waals surface area contributed by atoms with Gasteiger partial charge in [-0.15, -0.1) is 0 Å². The molecule has 0 spiro atoms. The van der Waals surface area contributed by atoms with Gasteiger partial charge in [0, 0.05) is 11.8 Å². The molecular weight excluding hydrogens is 330 g/mol. The number of ether oxygens (including phenoxy) is 1. The molecule has 0 unspecified atom stereocenters. The Labute approximate surface area is 149 Å². The maximum atomic E-state index is 12.8. The number of fused-ring (bicyclic) bond motifs is 1. The largest absolute Gasteiger partial charge is 0.496 e. The van der Waals surface area contributed by atoms with Gasteiger partial charge in [0.05, 0.1) is 24.1 Å². The summed E-state index contributed by atoms with van der Waals surface area (Å²) in [7, 11) is 1.55. The molecule has 4 aromatic rings. The highest BCUT2D eigenvalue weighted by molar-refractivity contribution is 5.81. The molecule has 2 heterocycles. The Kier molecular flexibility index (Phi) is 3.69. The molecular formula is C19H17N5O2. The summed E-state index contributed by atoms with van der Waals surface area (Å²) >= 11 is 0. The van der Waals surface area contributed by atoms with E-state index in [1.165, 1.54) is 0 Å². The van der Waals surface area contributed by atoms with Crippen molar-refractivity contribution in [3.8, 4) is 22.8 Å². The predicted octanol–water partition coefficient (Wildman–Crippen LogP) is 2.68. The lowest BCUT2D eigenvalue weighted by Crippen LogP contribution is -2.13. The zero-order valence-electron chi connectivity index (χ0n) is 14.4. The first-order valence-electron chi connectivity index (χ1n) is 8.07. The van der Waals surface area contributed by atoms with Gasteiger partial charge in [0.15, 0.2) is 5.52 Å². The number of nitrogen functional groups attached to an aromatic ring is 1. The van der Waals surface area contributed by atoms with Crippen LogP contribution < -0.4 is 16.0 Å². The van der Waals surface area contributed by atoms with Crippen LogP contribution in [0.15, 0.2) is 53.3 Å². The number of benzene rings is 2. The molecule has 4 rings (SSSR count). The fraction of sp³-hybridized carbons (Fsp3) is 0.105. The standard InChI is InChI=1S/C19H17N5O2/c1-11-16-17(24(23-11)13-6-4-3-5-7-13)19(25)22-18(21-16)14-9-8-12(20)10-15(14)26-2/h3-10H,20H2,1-2H3,(H,21,22,25). The van der Waals surface area contributed by atoms with Gasteiger partial charge < -0.3 is 15.5 Å². The topological polar surface area (TPSA) is 98.8 Å². The van der Waals surface area contributed by atoms with E-state index >= 15 is 0 Å². The first-order valence-corrected chi connectivity index (χ1v) is 8.07. The monoisotopic (exact) mass is 347 g/mol. The van der Waals surface area contributed by atoms with Crippen LogP contribution >= 0.6 is 0 Å². The average Bonchev–Trinajstić information content (AvgIpc) is 2.99. The second kappa shape index (κ2) is 6.03. The minimum absolute atomic E-state index is 0.270. The summed E-state index contributed by atoms with van der Waals surface area (Å²) in [4.78, 5) is 20.3. The molecule has 3 N–H and O–H groups in total. The van der Waals surface area contributed by atoms with Crippen LogP contribution in [0, 0.1) is 6.92 Å². The number of aromatic nitrogens is 4. The van der Waals surface area contributed by atoms with Crippen molar-refractivity contribution in [2.24, 2.45) is 0 Å². The average molecular weight is 347 g/mol. The fourth-order valence-corrected chi connectivity index (χ4v) is 2.95. The third-order valence-corrected chi connectivity index (χ3v) is 4.18. The highest BCUT2D eigenvalue weighted by Crippen LogP contribution is 2.30. The molecule has 0 aliphatic rings. The summed E-state index contributed by atoms with van der Waals surface area (Å²) in [5.74, 6) is 0.954. The maximum Gasteiger partial charge on any atom is 0.277 e. The van der Waals surface area contributed by atoms with Gasteiger partial charge in [-0.3, -0.25) is 4.79 Å². The maximum absolute atomic E-state index is 12.8. The van der Waals surface area contributed by atoms with Crippen LogP contribution in [0.4, 0.5) is 5.69 Å². The van der Waals surface area contributed by atoms with Gasteiger partial charge in [-0.05, 0) is 31.2 Å². The number of nitrogens with two attached hydrogens (primary N) is 1. The van der Waals surface area contributed by atoms with Crippen LogP contribution in [0.25, 0.3) is 28.1 Å². The second-order valence-corrected chi connectivity index (χ2v) is 5.90. The van der Waals surface area contributed by atoms with Gasteiger partial charge in [0.2, 0.25) is 0 Å². The van der Waals surface area contributed by atoms with Crippen molar-refractivity contribution in [2.45, 2.75) is 6.92 Å². The zero-order chi connectivity index (χ0) is 18.3. The van der Waals surface area contributed by atoms with Crippen LogP contribution in [0.2, 0.25) is 0 Å². The Morgan fingerprint density at radius 1 is 1.15 bits per heavy atom. The van der Waals surface area contributed by atoms with E-state index in [-0.39, 0.29) is 5.56 Å². The highest BCUT2D eigenvalue weighted by Gasteiger charge is 2.17. The molecule has 2 aromatic carbocycles. The quantitative estimate of drug-likeness (QED) is 0.555. The summed E-state index contributed by atoms with van der Waals surface area (Å²) in [6.07, 6.45) is 0. The molecule has 0 saturated heterocycles. The van der Waals surface area contributed by atoms with E-state index in [2.05, 4.69) is 15.1 Å². The van der Waals surface area contributed by atoms with E-state index in [0.717, 1.165) is 5.69 Å². The van der Waals surface area contributed by atoms with Crippen molar-refractivity contribution < 1.29 is 4.74 Å². The van der Waals surface area contributed by atoms with Crippen molar-refractivity contribution in [3.63, 3.8) is 0 Å². The smallest absolute Gasteiger partial charge is 0.277 e. The summed E-state index contributed by atoms with van der Waals surface area (Å²) in [6, 6.07) is 14.7. The van der Waals surface area contributed by atoms with E-state index in [1.54, 1.807) is 30.0 Å². The minimum atomic E-state index is -0.270. The summed E-state index contributed by atoms with van der Waals surface area (Å²) in [5.41, 5.74) is 9.20. The lowest BCUT2D eigenvalue weighted by Gasteiger charge is -2.09. The van der Waals surface area contributed by atoms with Crippen LogP contribution in [-0.4, -0.2) is 26.9 Å². The summed E-state index contributed by atoms with van der Waals surface area (Å²) in [5, 5.41) is 4.50. The molecule has 7 nitrogen and oxygen atoms in total. The van der Waals surface area contributed by atoms with E-state index in [9.17, 15) is 4.79 Å². The predicted molar refractivity (Wildman–Crippen MR) is 101 cm³/mol. The molecule has 0 atom stereocenters. The van der Waals surface area contributed by atoms with Crippen molar-refractivity contribution in [1.82, 2.24) is 19.7 Å². The Hall–Kier alpha value is -3.61. The molecule has 26 heavy (non-hydrogen) atoms. The fourth-order valence-electron chi connectivity index (χ4n) is 2.95. The van der Waals surface area contributed by atoms with Crippen LogP contribution in [-0.2, 0) is 0 Å². The lowest BCUT2D eigenvalue weighted by atomic mass is 10.1. The third kappa shape index (κ3) is 2.50. The number of para-hydroxylation sites is 1. The number of methoxy groups -OCH3 is 1. The Bertz CT molecular complexity index is 1160. The van der Waals surface area contributed by atoms with E-state index in [0.29, 0.717) is 39.6 Å². The number of aryl methyl sites for hydroxylation is 1. The third-order valence-electron chi connectivity index (χ3n) is 4.18. The second-order valence-electron chi connectivity index (χ2n) is 5.90. The number of hydrogen-bond donors (Lipinski definition) is 2. The Balaban J connectivity index is 1.97. The molecule has 0 aliphatic carbocycles. The number of anilines is 1. The minimum Gasteiger partial charge on any atom is -0.496 e. The number of nitrogens with one attached hydrogen (secondary N) is 1. The van der Waals surface area contributed by atoms with Gasteiger partial charge in [-0.25, -0.2) is 9.67 Å². The number of rotatable bonds is 3. The zero-order valence-corrected chi connectivity index (χ0v) is 14.4. The van der Waals surface area contributed by atoms with Crippen LogP contribution in [0.1, 0.15) is 5.69 Å². The molecule has 0 bridgehead atoms. The van der Waals surface area contributed by atoms with Gasteiger partial charge in [0.25, 0.3) is 5.56 Å². The van der Waals surface area contributed by atoms with Crippen molar-refractivity contribution in [2.75, 3.05) is 12.8 Å². The Morgan fingerprint density at radius 2 is 1.92 bits per heavy atom. The van der Waals surface area contributed by atoms with Crippen molar-refractivity contribution in [1.29, 1.82) is 0 Å². The highest BCUT2D eigenvalue weighted by atomic mass is 16.5. The molecule has 0 saturated carbocycles. The van der Waals surface area contributed by atoms with Gasteiger partial charge in [-0.2, -0.15) is 5.10 Å². The first-order chi connectivity index (χ1) is 12.6. The first kappa shape index (κ1) is 15.9. The summed E-state index contributed by atoms with van der Waals surface area (Å²) < 4.78 is 6.99. The van der Waals surface area contributed by atoms with Gasteiger partial charge >= 0.3 is 0 Å².